The maximum atomic E-state index is 11.5. The Balaban J connectivity index is 2.64. The molecule has 0 aromatic carbocycles. The van der Waals surface area contributed by atoms with E-state index in [0.29, 0.717) is 19.1 Å². The van der Waals surface area contributed by atoms with Gasteiger partial charge in [-0.05, 0) is 12.8 Å². The van der Waals surface area contributed by atoms with Crippen molar-refractivity contribution in [3.63, 3.8) is 0 Å². The van der Waals surface area contributed by atoms with Crippen LogP contribution >= 0.6 is 0 Å². The van der Waals surface area contributed by atoms with Gasteiger partial charge in [-0.1, -0.05) is 12.2 Å². The van der Waals surface area contributed by atoms with E-state index in [1.54, 1.807) is 12.2 Å². The maximum Gasteiger partial charge on any atom is 0.307 e. The standard InChI is InChI=1S/C10H13NO4/c12-6-5-11-9(13)7-3-1-2-4-8(7)10(14)15/h1-2,6-8H,3-5H2,(H,11,13)(H,14,15). The molecule has 0 bridgehead atoms. The van der Waals surface area contributed by atoms with Crippen LogP contribution < -0.4 is 5.32 Å². The summed E-state index contributed by atoms with van der Waals surface area (Å²) in [6.07, 6.45) is 4.93. The molecule has 0 radical (unpaired) electrons. The third-order valence-electron chi connectivity index (χ3n) is 2.45. The molecule has 5 nitrogen and oxygen atoms in total. The number of carboxylic acids is 1. The van der Waals surface area contributed by atoms with E-state index in [2.05, 4.69) is 5.32 Å². The van der Waals surface area contributed by atoms with Gasteiger partial charge in [0.25, 0.3) is 0 Å². The fraction of sp³-hybridized carbons (Fsp3) is 0.500. The van der Waals surface area contributed by atoms with Crippen molar-refractivity contribution in [1.29, 1.82) is 0 Å². The largest absolute Gasteiger partial charge is 0.481 e. The molecule has 5 heteroatoms. The zero-order valence-corrected chi connectivity index (χ0v) is 8.18. The Labute approximate surface area is 87.2 Å². The van der Waals surface area contributed by atoms with Gasteiger partial charge in [0.15, 0.2) is 0 Å². The first-order chi connectivity index (χ1) is 7.16. The summed E-state index contributed by atoms with van der Waals surface area (Å²) < 4.78 is 0. The molecular formula is C10H13NO4. The first-order valence-corrected chi connectivity index (χ1v) is 4.76. The number of hydrogen-bond donors (Lipinski definition) is 2. The highest BCUT2D eigenvalue weighted by molar-refractivity contribution is 5.86. The number of aliphatic carboxylic acids is 1. The Hall–Kier alpha value is -1.65. The monoisotopic (exact) mass is 211 g/mol. The smallest absolute Gasteiger partial charge is 0.307 e. The van der Waals surface area contributed by atoms with Crippen molar-refractivity contribution in [1.82, 2.24) is 5.32 Å². The fourth-order valence-electron chi connectivity index (χ4n) is 1.65. The summed E-state index contributed by atoms with van der Waals surface area (Å²) in [4.78, 5) is 32.4. The van der Waals surface area contributed by atoms with Crippen LogP contribution in [0.5, 0.6) is 0 Å². The molecule has 0 aromatic heterocycles. The molecule has 1 amide bonds. The van der Waals surface area contributed by atoms with Crippen LogP contribution in [0.2, 0.25) is 0 Å². The predicted molar refractivity (Wildman–Crippen MR) is 52.1 cm³/mol. The quantitative estimate of drug-likeness (QED) is 0.505. The van der Waals surface area contributed by atoms with E-state index in [1.807, 2.05) is 0 Å². The van der Waals surface area contributed by atoms with Gasteiger partial charge in [-0.3, -0.25) is 9.59 Å². The van der Waals surface area contributed by atoms with Gasteiger partial charge in [0.05, 0.1) is 18.4 Å². The zero-order valence-electron chi connectivity index (χ0n) is 8.18. The lowest BCUT2D eigenvalue weighted by Gasteiger charge is -2.23. The number of carboxylic acid groups (broad SMARTS) is 1. The average molecular weight is 211 g/mol. The normalized spacial score (nSPS) is 24.5. The number of carbonyl (C=O) groups excluding carboxylic acids is 2. The summed E-state index contributed by atoms with van der Waals surface area (Å²) in [6.45, 7) is -0.0641. The highest BCUT2D eigenvalue weighted by Crippen LogP contribution is 2.25. The van der Waals surface area contributed by atoms with Crippen molar-refractivity contribution in [2.24, 2.45) is 11.8 Å². The van der Waals surface area contributed by atoms with Gasteiger partial charge in [0.2, 0.25) is 5.91 Å². The second-order valence-electron chi connectivity index (χ2n) is 3.41. The van der Waals surface area contributed by atoms with Crippen LogP contribution in [0.25, 0.3) is 0 Å². The summed E-state index contributed by atoms with van der Waals surface area (Å²) in [5.74, 6) is -2.57. The molecule has 0 spiro atoms. The van der Waals surface area contributed by atoms with Crippen molar-refractivity contribution in [3.8, 4) is 0 Å². The number of rotatable bonds is 4. The van der Waals surface area contributed by atoms with Crippen LogP contribution in [0.15, 0.2) is 12.2 Å². The Kier molecular flexibility index (Phi) is 4.03. The minimum Gasteiger partial charge on any atom is -0.481 e. The van der Waals surface area contributed by atoms with Crippen LogP contribution in [-0.4, -0.2) is 29.8 Å². The van der Waals surface area contributed by atoms with Gasteiger partial charge in [0, 0.05) is 0 Å². The van der Waals surface area contributed by atoms with Crippen LogP contribution in [-0.2, 0) is 14.4 Å². The number of allylic oxidation sites excluding steroid dienone is 2. The molecule has 82 valence electrons. The first-order valence-electron chi connectivity index (χ1n) is 4.76. The molecule has 1 aliphatic carbocycles. The molecule has 2 N–H and O–H groups in total. The van der Waals surface area contributed by atoms with Crippen LogP contribution in [0.3, 0.4) is 0 Å². The third kappa shape index (κ3) is 2.90. The lowest BCUT2D eigenvalue weighted by Crippen LogP contribution is -2.39. The minimum absolute atomic E-state index is 0.0641. The van der Waals surface area contributed by atoms with Gasteiger partial charge >= 0.3 is 5.97 Å². The molecule has 0 aromatic rings. The van der Waals surface area contributed by atoms with Gasteiger partial charge in [0.1, 0.15) is 6.29 Å². The highest BCUT2D eigenvalue weighted by Gasteiger charge is 2.33. The molecular weight excluding hydrogens is 198 g/mol. The van der Waals surface area contributed by atoms with Crippen molar-refractivity contribution in [2.45, 2.75) is 12.8 Å². The summed E-state index contributed by atoms with van der Waals surface area (Å²) >= 11 is 0. The second kappa shape index (κ2) is 5.29. The van der Waals surface area contributed by atoms with E-state index >= 15 is 0 Å². The van der Waals surface area contributed by atoms with Gasteiger partial charge in [-0.15, -0.1) is 0 Å². The van der Waals surface area contributed by atoms with E-state index in [0.717, 1.165) is 0 Å². The number of hydrogen-bond acceptors (Lipinski definition) is 3. The topological polar surface area (TPSA) is 83.5 Å². The SMILES string of the molecule is O=CCNC(=O)C1CC=CCC1C(=O)O. The Morgan fingerprint density at radius 1 is 1.33 bits per heavy atom. The lowest BCUT2D eigenvalue weighted by atomic mass is 9.82. The minimum atomic E-state index is -0.967. The van der Waals surface area contributed by atoms with Crippen molar-refractivity contribution in [3.05, 3.63) is 12.2 Å². The summed E-state index contributed by atoms with van der Waals surface area (Å²) in [5, 5.41) is 11.3. The molecule has 2 unspecified atom stereocenters. The van der Waals surface area contributed by atoms with E-state index in [4.69, 9.17) is 5.11 Å². The number of nitrogens with one attached hydrogen (secondary N) is 1. The van der Waals surface area contributed by atoms with Crippen LogP contribution in [0.1, 0.15) is 12.8 Å². The molecule has 15 heavy (non-hydrogen) atoms. The third-order valence-corrected chi connectivity index (χ3v) is 2.45. The van der Waals surface area contributed by atoms with Gasteiger partial charge in [-0.25, -0.2) is 0 Å². The van der Waals surface area contributed by atoms with Crippen molar-refractivity contribution in [2.75, 3.05) is 6.54 Å². The van der Waals surface area contributed by atoms with E-state index in [9.17, 15) is 14.4 Å². The maximum absolute atomic E-state index is 11.5. The van der Waals surface area contributed by atoms with Crippen LogP contribution in [0.4, 0.5) is 0 Å². The van der Waals surface area contributed by atoms with E-state index < -0.39 is 17.8 Å². The predicted octanol–water partition coefficient (Wildman–Crippen LogP) is -0.0315. The summed E-state index contributed by atoms with van der Waals surface area (Å²) in [5.41, 5.74) is 0. The van der Waals surface area contributed by atoms with Gasteiger partial charge in [-0.2, -0.15) is 0 Å². The van der Waals surface area contributed by atoms with E-state index in [-0.39, 0.29) is 12.5 Å². The molecule has 0 aliphatic heterocycles. The fourth-order valence-corrected chi connectivity index (χ4v) is 1.65. The molecule has 0 fully saturated rings. The van der Waals surface area contributed by atoms with Crippen molar-refractivity contribution < 1.29 is 19.5 Å². The highest BCUT2D eigenvalue weighted by atomic mass is 16.4. The Bertz CT molecular complexity index is 298. The Morgan fingerprint density at radius 3 is 2.47 bits per heavy atom. The zero-order chi connectivity index (χ0) is 11.3. The Morgan fingerprint density at radius 2 is 1.93 bits per heavy atom. The molecule has 0 saturated heterocycles. The lowest BCUT2D eigenvalue weighted by molar-refractivity contribution is -0.147. The second-order valence-corrected chi connectivity index (χ2v) is 3.41. The molecule has 1 rings (SSSR count). The van der Waals surface area contributed by atoms with Crippen LogP contribution in [0, 0.1) is 11.8 Å². The number of aldehydes is 1. The van der Waals surface area contributed by atoms with Gasteiger partial charge < -0.3 is 15.2 Å². The number of carbonyl (C=O) groups is 3. The molecule has 0 heterocycles. The van der Waals surface area contributed by atoms with Crippen molar-refractivity contribution >= 4 is 18.2 Å². The summed E-state index contributed by atoms with van der Waals surface area (Å²) in [6, 6.07) is 0. The van der Waals surface area contributed by atoms with E-state index in [1.165, 1.54) is 0 Å². The molecule has 1 aliphatic rings. The molecule has 0 saturated carbocycles. The number of amides is 1. The first kappa shape index (κ1) is 11.4. The molecule has 2 atom stereocenters. The summed E-state index contributed by atoms with van der Waals surface area (Å²) in [7, 11) is 0. The average Bonchev–Trinajstić information content (AvgIpc) is 2.25.